The molecule has 16 nitrogen and oxygen atoms in total. The largest absolute Gasteiger partial charge is 0.479 e. The predicted octanol–water partition coefficient (Wildman–Crippen LogP) is 0.337. The zero-order valence-electron chi connectivity index (χ0n) is 25.1. The highest BCUT2D eigenvalue weighted by atomic mass is 16.7. The van der Waals surface area contributed by atoms with E-state index < -0.39 is 55.0 Å². The molecular formula is C31H33N7O9. The van der Waals surface area contributed by atoms with Crippen LogP contribution in [0.15, 0.2) is 66.9 Å². The van der Waals surface area contributed by atoms with E-state index in [1.807, 2.05) is 23.7 Å². The van der Waals surface area contributed by atoms with Gasteiger partial charge in [0.05, 0.1) is 24.0 Å². The number of imidazole rings is 1. The van der Waals surface area contributed by atoms with E-state index in [-0.39, 0.29) is 23.8 Å². The third-order valence-corrected chi connectivity index (χ3v) is 7.64. The number of benzene rings is 2. The van der Waals surface area contributed by atoms with Crippen LogP contribution < -0.4 is 16.0 Å². The van der Waals surface area contributed by atoms with Crippen molar-refractivity contribution in [3.8, 4) is 0 Å². The van der Waals surface area contributed by atoms with Crippen LogP contribution in [0.4, 0.5) is 11.5 Å². The van der Waals surface area contributed by atoms with Crippen molar-refractivity contribution in [2.24, 2.45) is 12.8 Å². The molecule has 2 aromatic carbocycles. The monoisotopic (exact) mass is 653 g/mol. The Kier molecular flexibility index (Phi) is 9.76. The van der Waals surface area contributed by atoms with Crippen LogP contribution in [0, 0.1) is 5.41 Å². The molecule has 1 aliphatic heterocycles. The molecule has 1 saturated heterocycles. The Morgan fingerprint density at radius 1 is 1.04 bits per heavy atom. The number of amidine groups is 1. The molecule has 16 heteroatoms. The number of fused-ring (bicyclic) bond motifs is 1. The van der Waals surface area contributed by atoms with Crippen LogP contribution in [0.25, 0.3) is 11.0 Å². The average Bonchev–Trinajstić information content (AvgIpc) is 3.38. The first kappa shape index (κ1) is 33.0. The highest BCUT2D eigenvalue weighted by Gasteiger charge is 2.48. The van der Waals surface area contributed by atoms with Crippen molar-refractivity contribution in [2.45, 2.75) is 43.7 Å². The van der Waals surface area contributed by atoms with Crippen LogP contribution in [0.3, 0.4) is 0 Å². The molecule has 0 radical (unpaired) electrons. The van der Waals surface area contributed by atoms with Crippen LogP contribution in [0.1, 0.15) is 28.2 Å². The second-order valence-corrected chi connectivity index (χ2v) is 10.8. The summed E-state index contributed by atoms with van der Waals surface area (Å²) >= 11 is 0. The molecule has 1 aliphatic rings. The maximum absolute atomic E-state index is 13.8. The van der Waals surface area contributed by atoms with Gasteiger partial charge in [0.1, 0.15) is 35.8 Å². The Bertz CT molecular complexity index is 1780. The predicted molar refractivity (Wildman–Crippen MR) is 166 cm³/mol. The van der Waals surface area contributed by atoms with Gasteiger partial charge in [-0.3, -0.25) is 19.9 Å². The SMILES string of the molecule is Cn1c(CN[13c]2[13cH][13cH][13c](C(=N)N)[13cH][13cH]2)nc2cc(C(=O)N(CCC(=O)O[C@@H]3O[C@H](C(=O)O)[C@@H](O)[C@H](O)[C@H]3O)c3ccccn3)ccc21. The smallest absolute Gasteiger partial charge is 0.335 e. The average molecular weight is 654 g/mol. The fraction of sp³-hybridized carbons (Fsp3) is 0.290. The number of aliphatic hydroxyl groups is 3. The number of ether oxygens (including phenoxy) is 2. The Morgan fingerprint density at radius 2 is 1.77 bits per heavy atom. The molecule has 2 aromatic heterocycles. The minimum Gasteiger partial charge on any atom is -0.479 e. The molecule has 47 heavy (non-hydrogen) atoms. The number of nitrogens with two attached hydrogens (primary N) is 1. The van der Waals surface area contributed by atoms with Gasteiger partial charge in [-0.05, 0) is 54.6 Å². The van der Waals surface area contributed by atoms with Crippen molar-refractivity contribution in [2.75, 3.05) is 16.8 Å². The van der Waals surface area contributed by atoms with E-state index in [0.717, 1.165) is 11.2 Å². The van der Waals surface area contributed by atoms with Gasteiger partial charge < -0.3 is 45.5 Å². The summed E-state index contributed by atoms with van der Waals surface area (Å²) in [6.45, 7) is 0.154. The van der Waals surface area contributed by atoms with Crippen molar-refractivity contribution in [1.82, 2.24) is 14.5 Å². The first-order valence-electron chi connectivity index (χ1n) is 14.4. The van der Waals surface area contributed by atoms with E-state index >= 15 is 0 Å². The van der Waals surface area contributed by atoms with E-state index in [4.69, 9.17) is 25.6 Å². The number of aromatic nitrogens is 3. The fourth-order valence-corrected chi connectivity index (χ4v) is 5.02. The minimum atomic E-state index is -1.94. The number of carboxylic acid groups (broad SMARTS) is 1. The Morgan fingerprint density at radius 3 is 2.43 bits per heavy atom. The van der Waals surface area contributed by atoms with Gasteiger partial charge in [0.15, 0.2) is 6.10 Å². The van der Waals surface area contributed by atoms with Crippen molar-refractivity contribution in [3.63, 3.8) is 0 Å². The van der Waals surface area contributed by atoms with Gasteiger partial charge >= 0.3 is 11.9 Å². The molecule has 246 valence electrons. The van der Waals surface area contributed by atoms with Gasteiger partial charge in [-0.25, -0.2) is 14.8 Å². The molecule has 0 aliphatic carbocycles. The molecule has 1 fully saturated rings. The number of anilines is 2. The van der Waals surface area contributed by atoms with Crippen molar-refractivity contribution < 1.29 is 44.3 Å². The first-order valence-corrected chi connectivity index (χ1v) is 14.4. The standard InChI is InChI=1S/C31H33N7O9/c1-37-20-10-7-17(14-19(20)36-22(37)15-35-18-8-5-16(6-9-18)28(32)33)29(43)38(21-4-2-3-12-34-21)13-11-23(39)46-31-26(42)24(40)25(41)27(47-31)30(44)45/h2-10,12,14,24-27,31,35,40-42H,11,13,15H2,1H3,(H3,32,33)(H,44,45)/t24-,25-,26+,27-,31+/m0/s1/i5+1,6+1,8+1,9+1,16+1,18+1. The van der Waals surface area contributed by atoms with E-state index in [1.165, 1.54) is 11.1 Å². The molecule has 0 saturated carbocycles. The Labute approximate surface area is 267 Å². The molecule has 1 amide bonds. The molecule has 3 heterocycles. The number of aliphatic carboxylic acids is 1. The summed E-state index contributed by atoms with van der Waals surface area (Å²) in [5, 5.41) is 50.1. The number of hydrogen-bond donors (Lipinski definition) is 7. The van der Waals surface area contributed by atoms with Gasteiger partial charge in [0.25, 0.3) is 5.91 Å². The van der Waals surface area contributed by atoms with Gasteiger partial charge in [0.2, 0.25) is 6.29 Å². The lowest BCUT2D eigenvalue weighted by molar-refractivity contribution is -0.286. The maximum Gasteiger partial charge on any atom is 0.335 e. The van der Waals surface area contributed by atoms with Crippen molar-refractivity contribution in [1.29, 1.82) is 5.41 Å². The number of carboxylic acids is 1. The summed E-state index contributed by atoms with van der Waals surface area (Å²) in [6, 6.07) is 17.0. The van der Waals surface area contributed by atoms with Gasteiger partial charge in [-0.2, -0.15) is 0 Å². The van der Waals surface area contributed by atoms with Crippen LogP contribution in [0.2, 0.25) is 0 Å². The number of amides is 1. The summed E-state index contributed by atoms with van der Waals surface area (Å²) in [6.07, 6.45) is -8.52. The lowest BCUT2D eigenvalue weighted by Gasteiger charge is -2.38. The van der Waals surface area contributed by atoms with E-state index in [9.17, 15) is 34.8 Å². The second-order valence-electron chi connectivity index (χ2n) is 10.8. The zero-order valence-corrected chi connectivity index (χ0v) is 25.1. The molecule has 8 N–H and O–H groups in total. The van der Waals surface area contributed by atoms with Crippen molar-refractivity contribution >= 4 is 46.2 Å². The molecule has 0 spiro atoms. The number of aliphatic hydroxyl groups excluding tert-OH is 3. The maximum atomic E-state index is 13.8. The van der Waals surface area contributed by atoms with E-state index in [1.54, 1.807) is 48.5 Å². The Hall–Kier alpha value is -5.42. The number of nitrogen functional groups attached to an aromatic ring is 1. The highest BCUT2D eigenvalue weighted by molar-refractivity contribution is 6.07. The number of aryl methyl sites for hydroxylation is 1. The third-order valence-electron chi connectivity index (χ3n) is 7.64. The molecule has 5 rings (SSSR count). The zero-order chi connectivity index (χ0) is 33.8. The number of carbonyl (C=O) groups is 3. The molecular weight excluding hydrogens is 620 g/mol. The number of nitrogens with zero attached hydrogens (tertiary/aromatic N) is 4. The van der Waals surface area contributed by atoms with Crippen molar-refractivity contribution in [3.05, 3.63) is 83.8 Å². The molecule has 4 aromatic rings. The van der Waals surface area contributed by atoms with E-state index in [0.29, 0.717) is 23.4 Å². The second kappa shape index (κ2) is 13.9. The minimum absolute atomic E-state index is 0.0226. The summed E-state index contributed by atoms with van der Waals surface area (Å²) in [5.74, 6) is -2.17. The number of carbonyl (C=O) groups excluding carboxylic acids is 2. The molecule has 0 bridgehead atoms. The molecule has 0 unspecified atom stereocenters. The third kappa shape index (κ3) is 7.20. The normalized spacial score (nSPS) is 20.8. The highest BCUT2D eigenvalue weighted by Crippen LogP contribution is 2.24. The number of rotatable bonds is 11. The molecule has 5 atom stereocenters. The summed E-state index contributed by atoms with van der Waals surface area (Å²) < 4.78 is 12.0. The number of pyridine rings is 1. The lowest BCUT2D eigenvalue weighted by atomic mass is 9.99. The van der Waals surface area contributed by atoms with Crippen LogP contribution in [-0.4, -0.2) is 95.9 Å². The quantitative estimate of drug-likeness (QED) is 0.0656. The number of nitrogens with one attached hydrogen (secondary N) is 2. The number of esters is 1. The van der Waals surface area contributed by atoms with E-state index in [2.05, 4.69) is 10.3 Å². The van der Waals surface area contributed by atoms with Gasteiger partial charge in [-0.15, -0.1) is 0 Å². The van der Waals surface area contributed by atoms with Crippen LogP contribution in [-0.2, 0) is 32.7 Å². The van der Waals surface area contributed by atoms with Gasteiger partial charge in [0, 0.05) is 36.6 Å². The lowest BCUT2D eigenvalue weighted by Crippen LogP contribution is -2.60. The summed E-state index contributed by atoms with van der Waals surface area (Å²) in [7, 11) is 1.85. The van der Waals surface area contributed by atoms with Crippen LogP contribution in [0.5, 0.6) is 0 Å². The fourth-order valence-electron chi connectivity index (χ4n) is 5.02. The summed E-state index contributed by atoms with van der Waals surface area (Å²) in [5.41, 5.74) is 8.53. The van der Waals surface area contributed by atoms with Gasteiger partial charge in [-0.1, -0.05) is 6.07 Å². The first-order chi connectivity index (χ1) is 22.4. The summed E-state index contributed by atoms with van der Waals surface area (Å²) in [4.78, 5) is 48.1. The topological polar surface area (TPSA) is 246 Å². The number of hydrogen-bond acceptors (Lipinski definition) is 12. The van der Waals surface area contributed by atoms with Crippen LogP contribution >= 0.6 is 0 Å². The Balaban J connectivity index is 1.29.